The molecule has 7 heteroatoms. The van der Waals surface area contributed by atoms with Crippen molar-refractivity contribution in [2.45, 2.75) is 25.4 Å². The largest absolute Gasteiger partial charge is 0.480 e. The summed E-state index contributed by atoms with van der Waals surface area (Å²) in [5.41, 5.74) is 6.03. The summed E-state index contributed by atoms with van der Waals surface area (Å²) in [7, 11) is 2.12. The van der Waals surface area contributed by atoms with E-state index in [-0.39, 0.29) is 0 Å². The molecule has 1 aromatic heterocycles. The van der Waals surface area contributed by atoms with Crippen molar-refractivity contribution in [3.05, 3.63) is 11.1 Å². The van der Waals surface area contributed by atoms with Crippen molar-refractivity contribution in [1.29, 1.82) is 0 Å². The van der Waals surface area contributed by atoms with Gasteiger partial charge in [-0.15, -0.1) is 11.3 Å². The monoisotopic (exact) mass is 284 g/mol. The summed E-state index contributed by atoms with van der Waals surface area (Å²) < 4.78 is 0. The molecule has 0 bridgehead atoms. The van der Waals surface area contributed by atoms with E-state index in [0.29, 0.717) is 11.7 Å². The highest BCUT2D eigenvalue weighted by Crippen LogP contribution is 2.26. The molecular formula is C12H20N4O2S. The number of carboxylic acid groups (broad SMARTS) is 1. The van der Waals surface area contributed by atoms with Crippen LogP contribution in [0.5, 0.6) is 0 Å². The second-order valence-electron chi connectivity index (χ2n) is 5.03. The van der Waals surface area contributed by atoms with E-state index < -0.39 is 12.0 Å². The van der Waals surface area contributed by atoms with Gasteiger partial charge in [0, 0.05) is 24.5 Å². The molecule has 0 aliphatic carbocycles. The van der Waals surface area contributed by atoms with Gasteiger partial charge in [-0.05, 0) is 26.9 Å². The summed E-state index contributed by atoms with van der Waals surface area (Å²) >= 11 is 1.47. The number of carbonyl (C=O) groups is 1. The highest BCUT2D eigenvalue weighted by molar-refractivity contribution is 7.13. The number of nitrogens with zero attached hydrogens (tertiary/aromatic N) is 3. The molecule has 0 radical (unpaired) electrons. The van der Waals surface area contributed by atoms with Crippen molar-refractivity contribution < 1.29 is 9.90 Å². The Bertz CT molecular complexity index is 451. The Morgan fingerprint density at radius 1 is 1.63 bits per heavy atom. The molecule has 2 rings (SSSR count). The number of rotatable bonds is 3. The SMILES string of the molecule is CC1CN(C)CCCN1c1nc(C(N)C(=O)O)cs1. The molecule has 1 aliphatic heterocycles. The Hall–Kier alpha value is -1.18. The van der Waals surface area contributed by atoms with E-state index >= 15 is 0 Å². The van der Waals surface area contributed by atoms with Gasteiger partial charge in [0.25, 0.3) is 0 Å². The first kappa shape index (κ1) is 14.2. The highest BCUT2D eigenvalue weighted by atomic mass is 32.1. The third-order valence-corrected chi connectivity index (χ3v) is 4.28. The number of nitrogens with two attached hydrogens (primary N) is 1. The van der Waals surface area contributed by atoms with E-state index in [9.17, 15) is 4.79 Å². The van der Waals surface area contributed by atoms with Crippen LogP contribution >= 0.6 is 11.3 Å². The number of carboxylic acids is 1. The van der Waals surface area contributed by atoms with Crippen LogP contribution in [0.25, 0.3) is 0 Å². The van der Waals surface area contributed by atoms with Crippen LogP contribution in [0.15, 0.2) is 5.38 Å². The van der Waals surface area contributed by atoms with Gasteiger partial charge in [-0.25, -0.2) is 4.98 Å². The average molecular weight is 284 g/mol. The van der Waals surface area contributed by atoms with Crippen molar-refractivity contribution in [2.24, 2.45) is 5.73 Å². The van der Waals surface area contributed by atoms with Crippen molar-refractivity contribution in [3.8, 4) is 0 Å². The first-order valence-electron chi connectivity index (χ1n) is 6.38. The number of likely N-dealkylation sites (N-methyl/N-ethyl adjacent to an activating group) is 1. The second kappa shape index (κ2) is 5.85. The van der Waals surface area contributed by atoms with E-state index in [1.165, 1.54) is 11.3 Å². The minimum Gasteiger partial charge on any atom is -0.480 e. The van der Waals surface area contributed by atoms with Crippen LogP contribution in [-0.4, -0.2) is 53.7 Å². The summed E-state index contributed by atoms with van der Waals surface area (Å²) in [6, 6.07) is -0.664. The minimum atomic E-state index is -1.04. The summed E-state index contributed by atoms with van der Waals surface area (Å²) in [5.74, 6) is -1.04. The molecule has 0 aromatic carbocycles. The normalized spacial score (nSPS) is 23.1. The molecule has 0 amide bonds. The van der Waals surface area contributed by atoms with Crippen LogP contribution in [0.1, 0.15) is 25.1 Å². The standard InChI is InChI=1S/C12H20N4O2S/c1-8-6-15(2)4-3-5-16(8)12-14-9(7-19-12)10(13)11(17)18/h7-8,10H,3-6,13H2,1-2H3,(H,17,18). The summed E-state index contributed by atoms with van der Waals surface area (Å²) in [6.07, 6.45) is 1.08. The number of anilines is 1. The van der Waals surface area contributed by atoms with Crippen LogP contribution in [-0.2, 0) is 4.79 Å². The molecule has 1 saturated heterocycles. The zero-order chi connectivity index (χ0) is 14.0. The van der Waals surface area contributed by atoms with Crippen molar-refractivity contribution in [3.63, 3.8) is 0 Å². The van der Waals surface area contributed by atoms with Crippen molar-refractivity contribution >= 4 is 22.4 Å². The lowest BCUT2D eigenvalue weighted by molar-refractivity contribution is -0.138. The van der Waals surface area contributed by atoms with Gasteiger partial charge in [-0.2, -0.15) is 0 Å². The summed E-state index contributed by atoms with van der Waals surface area (Å²) in [6.45, 7) is 5.17. The maximum atomic E-state index is 10.9. The molecule has 6 nitrogen and oxygen atoms in total. The maximum Gasteiger partial charge on any atom is 0.326 e. The Balaban J connectivity index is 2.15. The molecule has 2 heterocycles. The molecule has 2 unspecified atom stereocenters. The lowest BCUT2D eigenvalue weighted by atomic mass is 10.2. The molecule has 1 fully saturated rings. The van der Waals surface area contributed by atoms with Gasteiger partial charge in [0.15, 0.2) is 5.13 Å². The van der Waals surface area contributed by atoms with E-state index in [1.807, 2.05) is 0 Å². The average Bonchev–Trinajstić information content (AvgIpc) is 2.75. The van der Waals surface area contributed by atoms with Gasteiger partial charge in [0.05, 0.1) is 5.69 Å². The molecule has 2 atom stereocenters. The van der Waals surface area contributed by atoms with Gasteiger partial charge in [0.2, 0.25) is 0 Å². The Morgan fingerprint density at radius 3 is 3.05 bits per heavy atom. The van der Waals surface area contributed by atoms with Gasteiger partial charge >= 0.3 is 5.97 Å². The van der Waals surface area contributed by atoms with Gasteiger partial charge in [-0.1, -0.05) is 0 Å². The Kier molecular flexibility index (Phi) is 4.38. The van der Waals surface area contributed by atoms with Crippen LogP contribution < -0.4 is 10.6 Å². The lowest BCUT2D eigenvalue weighted by Gasteiger charge is -2.27. The minimum absolute atomic E-state index is 0.368. The fraction of sp³-hybridized carbons (Fsp3) is 0.667. The molecule has 1 aliphatic rings. The predicted octanol–water partition coefficient (Wildman–Crippen LogP) is 0.758. The second-order valence-corrected chi connectivity index (χ2v) is 5.87. The Labute approximate surface area is 116 Å². The molecular weight excluding hydrogens is 264 g/mol. The molecule has 1 aromatic rings. The fourth-order valence-corrected chi connectivity index (χ4v) is 3.32. The highest BCUT2D eigenvalue weighted by Gasteiger charge is 2.24. The van der Waals surface area contributed by atoms with Crippen molar-refractivity contribution in [1.82, 2.24) is 9.88 Å². The zero-order valence-corrected chi connectivity index (χ0v) is 12.1. The van der Waals surface area contributed by atoms with E-state index in [2.05, 4.69) is 28.8 Å². The number of hydrogen-bond donors (Lipinski definition) is 2. The third-order valence-electron chi connectivity index (χ3n) is 3.39. The molecule has 106 valence electrons. The first-order valence-corrected chi connectivity index (χ1v) is 7.26. The van der Waals surface area contributed by atoms with Gasteiger partial charge < -0.3 is 20.6 Å². The fourth-order valence-electron chi connectivity index (χ4n) is 2.33. The summed E-state index contributed by atoms with van der Waals surface area (Å²) in [4.78, 5) is 19.8. The van der Waals surface area contributed by atoms with Crippen LogP contribution in [0.4, 0.5) is 5.13 Å². The van der Waals surface area contributed by atoms with E-state index in [1.54, 1.807) is 5.38 Å². The predicted molar refractivity (Wildman–Crippen MR) is 75.6 cm³/mol. The topological polar surface area (TPSA) is 82.7 Å². The molecule has 19 heavy (non-hydrogen) atoms. The first-order chi connectivity index (χ1) is 8.99. The van der Waals surface area contributed by atoms with Gasteiger partial charge in [-0.3, -0.25) is 4.79 Å². The smallest absolute Gasteiger partial charge is 0.326 e. The van der Waals surface area contributed by atoms with Gasteiger partial charge in [0.1, 0.15) is 6.04 Å². The maximum absolute atomic E-state index is 10.9. The summed E-state index contributed by atoms with van der Waals surface area (Å²) in [5, 5.41) is 11.5. The van der Waals surface area contributed by atoms with Crippen LogP contribution in [0.2, 0.25) is 0 Å². The Morgan fingerprint density at radius 2 is 2.37 bits per heavy atom. The molecule has 0 spiro atoms. The van der Waals surface area contributed by atoms with Crippen LogP contribution in [0.3, 0.4) is 0 Å². The number of aliphatic carboxylic acids is 1. The number of aromatic nitrogens is 1. The zero-order valence-electron chi connectivity index (χ0n) is 11.2. The molecule has 3 N–H and O–H groups in total. The van der Waals surface area contributed by atoms with E-state index in [4.69, 9.17) is 10.8 Å². The van der Waals surface area contributed by atoms with Crippen LogP contribution in [0, 0.1) is 0 Å². The number of hydrogen-bond acceptors (Lipinski definition) is 6. The number of thiazole rings is 1. The molecule has 0 saturated carbocycles. The quantitative estimate of drug-likeness (QED) is 0.852. The van der Waals surface area contributed by atoms with Crippen molar-refractivity contribution in [2.75, 3.05) is 31.6 Å². The van der Waals surface area contributed by atoms with E-state index in [0.717, 1.165) is 31.2 Å². The third kappa shape index (κ3) is 3.23. The lowest BCUT2D eigenvalue weighted by Crippen LogP contribution is -2.38.